The van der Waals surface area contributed by atoms with Crippen LogP contribution >= 0.6 is 0 Å². The highest BCUT2D eigenvalue weighted by Crippen LogP contribution is 2.29. The number of aromatic nitrogens is 1. The van der Waals surface area contributed by atoms with E-state index in [-0.39, 0.29) is 12.0 Å². The van der Waals surface area contributed by atoms with Crippen LogP contribution in [0.5, 0.6) is 0 Å². The molecule has 1 aromatic carbocycles. The predicted octanol–water partition coefficient (Wildman–Crippen LogP) is 3.55. The van der Waals surface area contributed by atoms with Gasteiger partial charge >= 0.3 is 0 Å². The molecule has 1 aromatic heterocycles. The number of hydrogen-bond donors (Lipinski definition) is 1. The Bertz CT molecular complexity index is 673. The molecule has 4 nitrogen and oxygen atoms in total. The van der Waals surface area contributed by atoms with Crippen molar-refractivity contribution in [2.75, 3.05) is 13.1 Å². The van der Waals surface area contributed by atoms with Crippen LogP contribution in [-0.4, -0.2) is 34.9 Å². The van der Waals surface area contributed by atoms with Gasteiger partial charge in [0, 0.05) is 37.4 Å². The minimum Gasteiger partial charge on any atom is -0.341 e. The number of carbonyl (C=O) groups excluding carboxylic acids is 1. The number of pyridine rings is 1. The van der Waals surface area contributed by atoms with Crippen LogP contribution < -0.4 is 5.32 Å². The summed E-state index contributed by atoms with van der Waals surface area (Å²) in [5.41, 5.74) is 2.46. The molecule has 1 aliphatic carbocycles. The summed E-state index contributed by atoms with van der Waals surface area (Å²) in [7, 11) is 0. The molecular formula is C22H27N3O. The molecule has 2 aliphatic rings. The van der Waals surface area contributed by atoms with Gasteiger partial charge in [0.05, 0.1) is 6.04 Å². The van der Waals surface area contributed by atoms with Crippen LogP contribution in [0.1, 0.15) is 49.3 Å². The fourth-order valence-electron chi connectivity index (χ4n) is 4.35. The zero-order chi connectivity index (χ0) is 17.8. The molecule has 0 radical (unpaired) electrons. The van der Waals surface area contributed by atoms with Crippen molar-refractivity contribution in [3.05, 3.63) is 66.0 Å². The molecule has 1 amide bonds. The van der Waals surface area contributed by atoms with Crippen LogP contribution in [0.25, 0.3) is 0 Å². The van der Waals surface area contributed by atoms with Gasteiger partial charge < -0.3 is 10.2 Å². The predicted molar refractivity (Wildman–Crippen MR) is 103 cm³/mol. The molecule has 136 valence electrons. The standard InChI is InChI=1S/C22H27N3O/c26-22(19-8-4-5-9-19)25-15-12-20(16-25)24-21(17-6-2-1-3-7-17)18-10-13-23-14-11-18/h1-3,6-7,10-11,13-14,19-21,24H,4-5,8-9,12,15-16H2/t20-,21-/m0/s1. The summed E-state index contributed by atoms with van der Waals surface area (Å²) in [6.45, 7) is 1.70. The summed E-state index contributed by atoms with van der Waals surface area (Å²) >= 11 is 0. The van der Waals surface area contributed by atoms with Crippen molar-refractivity contribution in [1.82, 2.24) is 15.2 Å². The van der Waals surface area contributed by atoms with Crippen molar-refractivity contribution in [1.29, 1.82) is 0 Å². The second kappa shape index (κ2) is 8.00. The molecule has 4 rings (SSSR count). The van der Waals surface area contributed by atoms with Gasteiger partial charge in [-0.15, -0.1) is 0 Å². The van der Waals surface area contributed by atoms with Gasteiger partial charge in [-0.25, -0.2) is 0 Å². The number of nitrogens with zero attached hydrogens (tertiary/aromatic N) is 2. The van der Waals surface area contributed by atoms with E-state index in [0.717, 1.165) is 32.4 Å². The number of likely N-dealkylation sites (tertiary alicyclic amines) is 1. The van der Waals surface area contributed by atoms with Crippen LogP contribution in [0.2, 0.25) is 0 Å². The van der Waals surface area contributed by atoms with Gasteiger partial charge in [-0.2, -0.15) is 0 Å². The molecule has 1 N–H and O–H groups in total. The molecule has 2 fully saturated rings. The molecule has 0 spiro atoms. The first kappa shape index (κ1) is 17.2. The van der Waals surface area contributed by atoms with Crippen molar-refractivity contribution < 1.29 is 4.79 Å². The molecule has 26 heavy (non-hydrogen) atoms. The fourth-order valence-corrected chi connectivity index (χ4v) is 4.35. The van der Waals surface area contributed by atoms with Crippen molar-refractivity contribution in [2.24, 2.45) is 5.92 Å². The largest absolute Gasteiger partial charge is 0.341 e. The maximum absolute atomic E-state index is 12.7. The second-order valence-electron chi connectivity index (χ2n) is 7.54. The number of carbonyl (C=O) groups is 1. The van der Waals surface area contributed by atoms with Crippen molar-refractivity contribution >= 4 is 5.91 Å². The fraction of sp³-hybridized carbons (Fsp3) is 0.455. The Morgan fingerprint density at radius 2 is 1.69 bits per heavy atom. The zero-order valence-corrected chi connectivity index (χ0v) is 15.2. The Labute approximate surface area is 155 Å². The number of hydrogen-bond acceptors (Lipinski definition) is 3. The number of nitrogens with one attached hydrogen (secondary N) is 1. The molecule has 1 aliphatic heterocycles. The molecule has 2 heterocycles. The molecule has 2 atom stereocenters. The van der Waals surface area contributed by atoms with Gasteiger partial charge in [-0.3, -0.25) is 9.78 Å². The Morgan fingerprint density at radius 3 is 2.42 bits per heavy atom. The lowest BCUT2D eigenvalue weighted by Crippen LogP contribution is -2.39. The van der Waals surface area contributed by atoms with Crippen LogP contribution in [0.3, 0.4) is 0 Å². The van der Waals surface area contributed by atoms with Crippen molar-refractivity contribution in [3.63, 3.8) is 0 Å². The van der Waals surface area contributed by atoms with E-state index >= 15 is 0 Å². The van der Waals surface area contributed by atoms with Crippen LogP contribution in [-0.2, 0) is 4.79 Å². The lowest BCUT2D eigenvalue weighted by atomic mass is 9.98. The maximum Gasteiger partial charge on any atom is 0.225 e. The topological polar surface area (TPSA) is 45.2 Å². The average molecular weight is 349 g/mol. The molecule has 1 saturated heterocycles. The van der Waals surface area contributed by atoms with Gasteiger partial charge in [0.2, 0.25) is 5.91 Å². The summed E-state index contributed by atoms with van der Waals surface area (Å²) in [5, 5.41) is 3.80. The summed E-state index contributed by atoms with van der Waals surface area (Å²) in [4.78, 5) is 18.9. The van der Waals surface area contributed by atoms with Crippen molar-refractivity contribution in [2.45, 2.75) is 44.2 Å². The van der Waals surface area contributed by atoms with Crippen molar-refractivity contribution in [3.8, 4) is 0 Å². The highest BCUT2D eigenvalue weighted by Gasteiger charge is 2.33. The quantitative estimate of drug-likeness (QED) is 0.898. The Kier molecular flexibility index (Phi) is 5.30. The molecule has 4 heteroatoms. The SMILES string of the molecule is O=C(C1CCCC1)N1CC[C@H](N[C@@H](c2ccccc2)c2ccncc2)C1. The molecule has 1 saturated carbocycles. The summed E-state index contributed by atoms with van der Waals surface area (Å²) < 4.78 is 0. The third kappa shape index (κ3) is 3.80. The van der Waals surface area contributed by atoms with E-state index in [4.69, 9.17) is 0 Å². The van der Waals surface area contributed by atoms with Gasteiger partial charge in [0.15, 0.2) is 0 Å². The normalized spacial score (nSPS) is 21.8. The van der Waals surface area contributed by atoms with E-state index in [2.05, 4.69) is 51.6 Å². The minimum atomic E-state index is 0.130. The van der Waals surface area contributed by atoms with Crippen LogP contribution in [0, 0.1) is 5.92 Å². The molecule has 2 aromatic rings. The minimum absolute atomic E-state index is 0.130. The van der Waals surface area contributed by atoms with E-state index in [1.807, 2.05) is 18.5 Å². The van der Waals surface area contributed by atoms with Crippen LogP contribution in [0.15, 0.2) is 54.9 Å². The first-order valence-electron chi connectivity index (χ1n) is 9.81. The smallest absolute Gasteiger partial charge is 0.225 e. The molecular weight excluding hydrogens is 322 g/mol. The van der Waals surface area contributed by atoms with E-state index in [1.54, 1.807) is 0 Å². The molecule has 0 unspecified atom stereocenters. The third-order valence-electron chi connectivity index (χ3n) is 5.78. The van der Waals surface area contributed by atoms with Crippen LogP contribution in [0.4, 0.5) is 0 Å². The lowest BCUT2D eigenvalue weighted by Gasteiger charge is -2.25. The maximum atomic E-state index is 12.7. The number of rotatable bonds is 5. The average Bonchev–Trinajstić information content (AvgIpc) is 3.39. The summed E-state index contributed by atoms with van der Waals surface area (Å²) in [6, 6.07) is 15.1. The monoisotopic (exact) mass is 349 g/mol. The van der Waals surface area contributed by atoms with Gasteiger partial charge in [0.1, 0.15) is 0 Å². The van der Waals surface area contributed by atoms with E-state index in [0.29, 0.717) is 11.9 Å². The van der Waals surface area contributed by atoms with E-state index < -0.39 is 0 Å². The lowest BCUT2D eigenvalue weighted by molar-refractivity contribution is -0.134. The third-order valence-corrected chi connectivity index (χ3v) is 5.78. The summed E-state index contributed by atoms with van der Waals surface area (Å²) in [5.74, 6) is 0.658. The van der Waals surface area contributed by atoms with Gasteiger partial charge in [0.25, 0.3) is 0 Å². The first-order chi connectivity index (χ1) is 12.8. The second-order valence-corrected chi connectivity index (χ2v) is 7.54. The Balaban J connectivity index is 1.46. The van der Waals surface area contributed by atoms with Gasteiger partial charge in [-0.1, -0.05) is 43.2 Å². The zero-order valence-electron chi connectivity index (χ0n) is 15.2. The Hall–Kier alpha value is -2.20. The highest BCUT2D eigenvalue weighted by atomic mass is 16.2. The summed E-state index contributed by atoms with van der Waals surface area (Å²) in [6.07, 6.45) is 9.30. The molecule has 0 bridgehead atoms. The first-order valence-corrected chi connectivity index (χ1v) is 9.81. The van der Waals surface area contributed by atoms with E-state index in [1.165, 1.54) is 24.0 Å². The van der Waals surface area contributed by atoms with E-state index in [9.17, 15) is 4.79 Å². The highest BCUT2D eigenvalue weighted by molar-refractivity contribution is 5.79. The number of benzene rings is 1. The number of amides is 1. The van der Waals surface area contributed by atoms with Gasteiger partial charge in [-0.05, 0) is 42.5 Å². The Morgan fingerprint density at radius 1 is 1.00 bits per heavy atom.